The van der Waals surface area contributed by atoms with E-state index < -0.39 is 0 Å². The number of likely N-dealkylation sites (N-methyl/N-ethyl adjacent to an activating group) is 1. The third-order valence-electron chi connectivity index (χ3n) is 3.84. The van der Waals surface area contributed by atoms with E-state index in [2.05, 4.69) is 10.6 Å². The van der Waals surface area contributed by atoms with Crippen LogP contribution in [0.3, 0.4) is 0 Å². The van der Waals surface area contributed by atoms with Crippen molar-refractivity contribution in [2.45, 2.75) is 19.9 Å². The van der Waals surface area contributed by atoms with Gasteiger partial charge in [0.25, 0.3) is 5.91 Å². The number of carbonyl (C=O) groups excluding carboxylic acids is 3. The second kappa shape index (κ2) is 10.7. The number of halogens is 1. The van der Waals surface area contributed by atoms with Crippen LogP contribution in [0.5, 0.6) is 0 Å². The fraction of sp³-hybridized carbons (Fsp3) is 0.316. The summed E-state index contributed by atoms with van der Waals surface area (Å²) in [5.74, 6) is -0.602. The molecule has 2 rings (SSSR count). The van der Waals surface area contributed by atoms with Gasteiger partial charge in [-0.15, -0.1) is 11.3 Å². The summed E-state index contributed by atoms with van der Waals surface area (Å²) < 4.78 is 0. The number of nitrogens with one attached hydrogen (secondary N) is 2. The molecule has 0 aliphatic heterocycles. The minimum absolute atomic E-state index is 0.0121. The molecule has 1 aromatic heterocycles. The lowest BCUT2D eigenvalue weighted by Gasteiger charge is -2.20. The summed E-state index contributed by atoms with van der Waals surface area (Å²) in [4.78, 5) is 38.3. The van der Waals surface area contributed by atoms with Crippen LogP contribution in [0.15, 0.2) is 41.8 Å². The Kier molecular flexibility index (Phi) is 8.29. The van der Waals surface area contributed by atoms with Gasteiger partial charge in [-0.25, -0.2) is 0 Å². The van der Waals surface area contributed by atoms with Gasteiger partial charge in [0.15, 0.2) is 0 Å². The number of carbonyl (C=O) groups is 3. The third-order valence-corrected chi connectivity index (χ3v) is 4.96. The Morgan fingerprint density at radius 1 is 1.11 bits per heavy atom. The van der Waals surface area contributed by atoms with Crippen molar-refractivity contribution in [1.29, 1.82) is 0 Å². The van der Waals surface area contributed by atoms with Crippen LogP contribution < -0.4 is 10.6 Å². The first-order valence-corrected chi connectivity index (χ1v) is 9.86. The molecule has 0 bridgehead atoms. The zero-order valence-electron chi connectivity index (χ0n) is 15.0. The van der Waals surface area contributed by atoms with Crippen molar-refractivity contribution in [3.8, 4) is 0 Å². The highest BCUT2D eigenvalue weighted by Crippen LogP contribution is 2.09. The van der Waals surface area contributed by atoms with E-state index in [4.69, 9.17) is 11.6 Å². The van der Waals surface area contributed by atoms with Gasteiger partial charge in [0, 0.05) is 31.1 Å². The lowest BCUT2D eigenvalue weighted by Crippen LogP contribution is -2.41. The number of benzene rings is 1. The largest absolute Gasteiger partial charge is 0.351 e. The first-order chi connectivity index (χ1) is 13.0. The van der Waals surface area contributed by atoms with Crippen molar-refractivity contribution >= 4 is 40.7 Å². The molecule has 0 saturated heterocycles. The van der Waals surface area contributed by atoms with Crippen LogP contribution in [-0.2, 0) is 16.1 Å². The lowest BCUT2D eigenvalue weighted by molar-refractivity contribution is -0.135. The average molecular weight is 408 g/mol. The Morgan fingerprint density at radius 2 is 1.85 bits per heavy atom. The minimum Gasteiger partial charge on any atom is -0.351 e. The summed E-state index contributed by atoms with van der Waals surface area (Å²) in [5, 5.41) is 7.96. The lowest BCUT2D eigenvalue weighted by atomic mass is 10.2. The van der Waals surface area contributed by atoms with Crippen LogP contribution in [-0.4, -0.2) is 42.3 Å². The molecule has 0 aliphatic carbocycles. The van der Waals surface area contributed by atoms with E-state index >= 15 is 0 Å². The molecule has 2 N–H and O–H groups in total. The van der Waals surface area contributed by atoms with E-state index in [9.17, 15) is 14.4 Å². The van der Waals surface area contributed by atoms with Gasteiger partial charge in [0.05, 0.1) is 11.4 Å². The molecular weight excluding hydrogens is 386 g/mol. The molecule has 1 heterocycles. The normalized spacial score (nSPS) is 10.3. The van der Waals surface area contributed by atoms with Gasteiger partial charge < -0.3 is 15.5 Å². The monoisotopic (exact) mass is 407 g/mol. The standard InChI is InChI=1S/C19H22ClN3O3S/c1-2-23(13-17(24)22-12-14-5-7-15(20)8-6-14)18(25)9-10-21-19(26)16-4-3-11-27-16/h3-8,11H,2,9-10,12-13H2,1H3,(H,21,26)(H,22,24). The predicted molar refractivity (Wildman–Crippen MR) is 107 cm³/mol. The summed E-state index contributed by atoms with van der Waals surface area (Å²) >= 11 is 7.18. The van der Waals surface area contributed by atoms with Crippen LogP contribution in [0.2, 0.25) is 5.02 Å². The smallest absolute Gasteiger partial charge is 0.261 e. The topological polar surface area (TPSA) is 78.5 Å². The number of hydrogen-bond acceptors (Lipinski definition) is 4. The van der Waals surface area contributed by atoms with Crippen LogP contribution in [0, 0.1) is 0 Å². The van der Waals surface area contributed by atoms with Crippen molar-refractivity contribution < 1.29 is 14.4 Å². The molecule has 8 heteroatoms. The molecule has 27 heavy (non-hydrogen) atoms. The summed E-state index contributed by atoms with van der Waals surface area (Å²) in [7, 11) is 0. The number of rotatable bonds is 9. The van der Waals surface area contributed by atoms with E-state index in [-0.39, 0.29) is 37.2 Å². The van der Waals surface area contributed by atoms with E-state index in [0.717, 1.165) is 5.56 Å². The maximum absolute atomic E-state index is 12.3. The molecule has 0 fully saturated rings. The van der Waals surface area contributed by atoms with Gasteiger partial charge in [-0.2, -0.15) is 0 Å². The zero-order valence-corrected chi connectivity index (χ0v) is 16.6. The summed E-state index contributed by atoms with van der Waals surface area (Å²) in [6, 6.07) is 10.7. The maximum Gasteiger partial charge on any atom is 0.261 e. The highest BCUT2D eigenvalue weighted by Gasteiger charge is 2.16. The summed E-state index contributed by atoms with van der Waals surface area (Å²) in [6.45, 7) is 2.83. The van der Waals surface area contributed by atoms with Gasteiger partial charge in [0.1, 0.15) is 0 Å². The number of thiophene rings is 1. The highest BCUT2D eigenvalue weighted by atomic mass is 35.5. The molecule has 0 unspecified atom stereocenters. The maximum atomic E-state index is 12.3. The molecule has 0 spiro atoms. The van der Waals surface area contributed by atoms with Gasteiger partial charge in [0.2, 0.25) is 11.8 Å². The third kappa shape index (κ3) is 7.03. The Bertz CT molecular complexity index is 763. The fourth-order valence-electron chi connectivity index (χ4n) is 2.34. The quantitative estimate of drug-likeness (QED) is 0.670. The first-order valence-electron chi connectivity index (χ1n) is 8.60. The van der Waals surface area contributed by atoms with E-state index in [1.54, 1.807) is 24.3 Å². The second-order valence-corrected chi connectivity index (χ2v) is 7.18. The molecule has 2 aromatic rings. The SMILES string of the molecule is CCN(CC(=O)NCc1ccc(Cl)cc1)C(=O)CCNC(=O)c1cccs1. The number of hydrogen-bond donors (Lipinski definition) is 2. The van der Waals surface area contributed by atoms with E-state index in [1.807, 2.05) is 24.4 Å². The van der Waals surface area contributed by atoms with Gasteiger partial charge in [-0.3, -0.25) is 14.4 Å². The van der Waals surface area contributed by atoms with E-state index in [0.29, 0.717) is 23.0 Å². The van der Waals surface area contributed by atoms with Crippen molar-refractivity contribution in [2.24, 2.45) is 0 Å². The first kappa shape index (κ1) is 20.9. The summed E-state index contributed by atoms with van der Waals surface area (Å²) in [5.41, 5.74) is 0.929. The minimum atomic E-state index is -0.234. The molecular formula is C19H22ClN3O3S. The zero-order chi connectivity index (χ0) is 19.6. The second-order valence-electron chi connectivity index (χ2n) is 5.79. The van der Waals surface area contributed by atoms with Gasteiger partial charge >= 0.3 is 0 Å². The van der Waals surface area contributed by atoms with Gasteiger partial charge in [-0.1, -0.05) is 29.8 Å². The Hall–Kier alpha value is -2.38. The molecule has 144 valence electrons. The molecule has 0 aliphatic rings. The van der Waals surface area contributed by atoms with E-state index in [1.165, 1.54) is 16.2 Å². The van der Waals surface area contributed by atoms with Crippen LogP contribution in [0.25, 0.3) is 0 Å². The fourth-order valence-corrected chi connectivity index (χ4v) is 3.11. The molecule has 3 amide bonds. The van der Waals surface area contributed by atoms with Crippen molar-refractivity contribution in [2.75, 3.05) is 19.6 Å². The van der Waals surface area contributed by atoms with Crippen molar-refractivity contribution in [3.05, 3.63) is 57.2 Å². The molecule has 0 saturated carbocycles. The predicted octanol–water partition coefficient (Wildman–Crippen LogP) is 2.69. The van der Waals surface area contributed by atoms with Crippen LogP contribution in [0.1, 0.15) is 28.6 Å². The van der Waals surface area contributed by atoms with Crippen LogP contribution in [0.4, 0.5) is 0 Å². The molecule has 0 radical (unpaired) electrons. The Balaban J connectivity index is 1.72. The Labute approximate surface area is 167 Å². The van der Waals surface area contributed by atoms with Gasteiger partial charge in [-0.05, 0) is 36.1 Å². The number of nitrogens with zero attached hydrogens (tertiary/aromatic N) is 1. The molecule has 0 atom stereocenters. The number of amides is 3. The van der Waals surface area contributed by atoms with Crippen LogP contribution >= 0.6 is 22.9 Å². The molecule has 6 nitrogen and oxygen atoms in total. The van der Waals surface area contributed by atoms with Crippen molar-refractivity contribution in [3.63, 3.8) is 0 Å². The highest BCUT2D eigenvalue weighted by molar-refractivity contribution is 7.12. The summed E-state index contributed by atoms with van der Waals surface area (Å²) in [6.07, 6.45) is 0.148. The van der Waals surface area contributed by atoms with Crippen molar-refractivity contribution in [1.82, 2.24) is 15.5 Å². The molecule has 1 aromatic carbocycles. The average Bonchev–Trinajstić information content (AvgIpc) is 3.20. The Morgan fingerprint density at radius 3 is 2.48 bits per heavy atom.